The van der Waals surface area contributed by atoms with Crippen LogP contribution in [-0.4, -0.2) is 15.9 Å². The number of hydrogen-bond acceptors (Lipinski definition) is 6. The first kappa shape index (κ1) is 13.2. The van der Waals surface area contributed by atoms with Crippen LogP contribution in [-0.2, 0) is 6.42 Å². The van der Waals surface area contributed by atoms with E-state index in [9.17, 15) is 0 Å². The largest absolute Gasteiger partial charge is 0.496 e. The van der Waals surface area contributed by atoms with Gasteiger partial charge in [0.1, 0.15) is 5.75 Å². The molecule has 0 radical (unpaired) electrons. The number of ether oxygens (including phenoxy) is 1. The lowest BCUT2D eigenvalue weighted by atomic mass is 10.0. The van der Waals surface area contributed by atoms with Gasteiger partial charge in [-0.3, -0.25) is 11.3 Å². The van der Waals surface area contributed by atoms with Crippen LogP contribution in [0.5, 0.6) is 5.75 Å². The topological polar surface area (TPSA) is 73.1 Å². The van der Waals surface area contributed by atoms with Crippen LogP contribution >= 0.6 is 23.3 Å². The van der Waals surface area contributed by atoms with Gasteiger partial charge in [-0.2, -0.15) is 8.75 Å². The Balaban J connectivity index is 2.24. The van der Waals surface area contributed by atoms with Crippen molar-refractivity contribution in [1.82, 2.24) is 14.2 Å². The predicted molar refractivity (Wildman–Crippen MR) is 71.7 cm³/mol. The molecule has 1 heterocycles. The molecule has 1 atom stereocenters. The van der Waals surface area contributed by atoms with Gasteiger partial charge in [0, 0.05) is 5.02 Å². The van der Waals surface area contributed by atoms with Gasteiger partial charge in [-0.1, -0.05) is 11.6 Å². The summed E-state index contributed by atoms with van der Waals surface area (Å²) in [5, 5.41) is 0.665. The van der Waals surface area contributed by atoms with E-state index in [1.165, 1.54) is 0 Å². The van der Waals surface area contributed by atoms with Crippen LogP contribution in [0, 0.1) is 0 Å². The van der Waals surface area contributed by atoms with E-state index in [1.54, 1.807) is 19.4 Å². The van der Waals surface area contributed by atoms with E-state index < -0.39 is 0 Å². The Morgan fingerprint density at radius 3 is 3.00 bits per heavy atom. The third-order valence-corrected chi connectivity index (χ3v) is 3.33. The second-order valence-electron chi connectivity index (χ2n) is 3.71. The summed E-state index contributed by atoms with van der Waals surface area (Å²) in [7, 11) is 1.63. The lowest BCUT2D eigenvalue weighted by Crippen LogP contribution is -2.29. The number of methoxy groups -OCH3 is 1. The maximum Gasteiger partial charge on any atom is 0.122 e. The summed E-state index contributed by atoms with van der Waals surface area (Å²) >= 11 is 7.15. The molecule has 0 amide bonds. The minimum atomic E-state index is -0.115. The van der Waals surface area contributed by atoms with Crippen molar-refractivity contribution < 1.29 is 4.74 Å². The minimum absolute atomic E-state index is 0.115. The van der Waals surface area contributed by atoms with Crippen LogP contribution in [0.25, 0.3) is 0 Å². The van der Waals surface area contributed by atoms with Crippen molar-refractivity contribution in [3.05, 3.63) is 40.7 Å². The zero-order valence-electron chi connectivity index (χ0n) is 9.76. The molecule has 0 aliphatic rings. The third kappa shape index (κ3) is 2.97. The van der Waals surface area contributed by atoms with E-state index in [4.69, 9.17) is 22.2 Å². The number of nitrogens with two attached hydrogens (primary N) is 1. The highest BCUT2D eigenvalue weighted by atomic mass is 35.5. The van der Waals surface area contributed by atoms with Gasteiger partial charge in [-0.15, -0.1) is 0 Å². The minimum Gasteiger partial charge on any atom is -0.496 e. The number of rotatable bonds is 5. The maximum absolute atomic E-state index is 5.99. The number of hydrogen-bond donors (Lipinski definition) is 2. The van der Waals surface area contributed by atoms with Crippen LogP contribution in [0.3, 0.4) is 0 Å². The second-order valence-corrected chi connectivity index (χ2v) is 4.70. The van der Waals surface area contributed by atoms with Crippen molar-refractivity contribution in [2.45, 2.75) is 12.5 Å². The number of nitrogens with zero attached hydrogens (tertiary/aromatic N) is 2. The highest BCUT2D eigenvalue weighted by Crippen LogP contribution is 2.27. The molecule has 0 saturated heterocycles. The zero-order valence-corrected chi connectivity index (χ0v) is 11.3. The molecule has 0 saturated carbocycles. The van der Waals surface area contributed by atoms with E-state index in [2.05, 4.69) is 14.2 Å². The van der Waals surface area contributed by atoms with Crippen LogP contribution in [0.15, 0.2) is 24.4 Å². The molecular formula is C11H13ClN4OS. The van der Waals surface area contributed by atoms with Crippen molar-refractivity contribution in [1.29, 1.82) is 0 Å². The highest BCUT2D eigenvalue weighted by Gasteiger charge is 2.16. The average molecular weight is 285 g/mol. The molecule has 0 fully saturated rings. The summed E-state index contributed by atoms with van der Waals surface area (Å²) < 4.78 is 13.4. The fourth-order valence-electron chi connectivity index (χ4n) is 1.70. The maximum atomic E-state index is 5.99. The SMILES string of the molecule is COc1ccc(Cl)cc1CC(NN)c1cnsn1. The summed E-state index contributed by atoms with van der Waals surface area (Å²) in [5.74, 6) is 6.33. The van der Waals surface area contributed by atoms with Gasteiger partial charge in [0.25, 0.3) is 0 Å². The van der Waals surface area contributed by atoms with Crippen molar-refractivity contribution >= 4 is 23.3 Å². The normalized spacial score (nSPS) is 12.4. The molecule has 0 aliphatic carbocycles. The van der Waals surface area contributed by atoms with Crippen molar-refractivity contribution in [3.63, 3.8) is 0 Å². The molecule has 18 heavy (non-hydrogen) atoms. The van der Waals surface area contributed by atoms with E-state index in [0.717, 1.165) is 28.7 Å². The van der Waals surface area contributed by atoms with Gasteiger partial charge in [-0.05, 0) is 30.2 Å². The molecule has 2 rings (SSSR count). The van der Waals surface area contributed by atoms with E-state index in [0.29, 0.717) is 11.4 Å². The van der Waals surface area contributed by atoms with Gasteiger partial charge < -0.3 is 4.74 Å². The fourth-order valence-corrected chi connectivity index (χ4v) is 2.37. The average Bonchev–Trinajstić information content (AvgIpc) is 2.90. The van der Waals surface area contributed by atoms with Crippen LogP contribution < -0.4 is 16.0 Å². The van der Waals surface area contributed by atoms with Crippen LogP contribution in [0.2, 0.25) is 5.02 Å². The monoisotopic (exact) mass is 284 g/mol. The van der Waals surface area contributed by atoms with Gasteiger partial charge in [0.2, 0.25) is 0 Å². The molecule has 5 nitrogen and oxygen atoms in total. The number of halogens is 1. The van der Waals surface area contributed by atoms with Gasteiger partial charge in [0.05, 0.1) is 36.8 Å². The van der Waals surface area contributed by atoms with E-state index in [-0.39, 0.29) is 6.04 Å². The van der Waals surface area contributed by atoms with Gasteiger partial charge >= 0.3 is 0 Å². The lowest BCUT2D eigenvalue weighted by molar-refractivity contribution is 0.405. The second kappa shape index (κ2) is 6.10. The van der Waals surface area contributed by atoms with Gasteiger partial charge in [-0.25, -0.2) is 0 Å². The molecule has 3 N–H and O–H groups in total. The Morgan fingerprint density at radius 1 is 1.56 bits per heavy atom. The number of hydrazine groups is 1. The molecule has 7 heteroatoms. The van der Waals surface area contributed by atoms with Gasteiger partial charge in [0.15, 0.2) is 0 Å². The Bertz CT molecular complexity index is 506. The van der Waals surface area contributed by atoms with E-state index in [1.807, 2.05) is 12.1 Å². The van der Waals surface area contributed by atoms with E-state index >= 15 is 0 Å². The molecule has 0 bridgehead atoms. The molecule has 1 aromatic heterocycles. The first-order valence-electron chi connectivity index (χ1n) is 5.30. The number of aromatic nitrogens is 2. The summed E-state index contributed by atoms with van der Waals surface area (Å²) in [6.45, 7) is 0. The van der Waals surface area contributed by atoms with Crippen molar-refractivity contribution in [2.24, 2.45) is 5.84 Å². The van der Waals surface area contributed by atoms with Crippen LogP contribution in [0.4, 0.5) is 0 Å². The smallest absolute Gasteiger partial charge is 0.122 e. The first-order chi connectivity index (χ1) is 8.74. The fraction of sp³-hybridized carbons (Fsp3) is 0.273. The Kier molecular flexibility index (Phi) is 4.48. The standard InChI is InChI=1S/C11H13ClN4OS/c1-17-11-3-2-8(12)4-7(11)5-9(15-13)10-6-14-18-16-10/h2-4,6,9,15H,5,13H2,1H3. The van der Waals surface area contributed by atoms with Crippen LogP contribution in [0.1, 0.15) is 17.3 Å². The predicted octanol–water partition coefficient (Wildman–Crippen LogP) is 1.95. The quantitative estimate of drug-likeness (QED) is 0.648. The molecule has 0 spiro atoms. The Morgan fingerprint density at radius 2 is 2.39 bits per heavy atom. The summed E-state index contributed by atoms with van der Waals surface area (Å²) in [6, 6.07) is 5.38. The molecule has 96 valence electrons. The summed E-state index contributed by atoms with van der Waals surface area (Å²) in [4.78, 5) is 0. The lowest BCUT2D eigenvalue weighted by Gasteiger charge is -2.15. The highest BCUT2D eigenvalue weighted by molar-refractivity contribution is 6.99. The Labute approximate surface area is 114 Å². The molecule has 1 aromatic carbocycles. The first-order valence-corrected chi connectivity index (χ1v) is 6.41. The molecule has 1 unspecified atom stereocenters. The number of benzene rings is 1. The number of nitrogens with one attached hydrogen (secondary N) is 1. The van der Waals surface area contributed by atoms with Crippen molar-refractivity contribution in [3.8, 4) is 5.75 Å². The Hall–Kier alpha value is -1.21. The van der Waals surface area contributed by atoms with Crippen molar-refractivity contribution in [2.75, 3.05) is 7.11 Å². The third-order valence-electron chi connectivity index (χ3n) is 2.60. The molecular weight excluding hydrogens is 272 g/mol. The molecule has 2 aromatic rings. The summed E-state index contributed by atoms with van der Waals surface area (Å²) in [6.07, 6.45) is 2.33. The molecule has 0 aliphatic heterocycles. The summed E-state index contributed by atoms with van der Waals surface area (Å²) in [5.41, 5.74) is 4.51. The zero-order chi connectivity index (χ0) is 13.0.